The van der Waals surface area contributed by atoms with E-state index in [2.05, 4.69) is 10.3 Å². The molecule has 118 valence electrons. The molecule has 1 heterocycles. The second-order valence-corrected chi connectivity index (χ2v) is 5.25. The van der Waals surface area contributed by atoms with Crippen molar-refractivity contribution in [2.24, 2.45) is 0 Å². The highest BCUT2D eigenvalue weighted by atomic mass is 16.1. The van der Waals surface area contributed by atoms with Crippen molar-refractivity contribution in [1.82, 2.24) is 9.55 Å². The molecule has 0 saturated carbocycles. The van der Waals surface area contributed by atoms with Gasteiger partial charge in [0.2, 0.25) is 5.91 Å². The number of aromatic nitrogens is 2. The molecule has 0 atom stereocenters. The van der Waals surface area contributed by atoms with E-state index in [0.29, 0.717) is 22.2 Å². The molecular formula is C18H14N4O2. The predicted molar refractivity (Wildman–Crippen MR) is 90.4 cm³/mol. The molecular weight excluding hydrogens is 304 g/mol. The largest absolute Gasteiger partial charge is 0.326 e. The van der Waals surface area contributed by atoms with E-state index >= 15 is 0 Å². The molecule has 0 aliphatic rings. The summed E-state index contributed by atoms with van der Waals surface area (Å²) in [6.07, 6.45) is 1.59. The lowest BCUT2D eigenvalue weighted by atomic mass is 10.2. The Kier molecular flexibility index (Phi) is 4.34. The van der Waals surface area contributed by atoms with E-state index in [0.717, 1.165) is 0 Å². The quantitative estimate of drug-likeness (QED) is 0.799. The van der Waals surface area contributed by atoms with Gasteiger partial charge >= 0.3 is 0 Å². The zero-order valence-corrected chi connectivity index (χ0v) is 12.8. The smallest absolute Gasteiger partial charge is 0.261 e. The number of nitriles is 1. The summed E-state index contributed by atoms with van der Waals surface area (Å²) < 4.78 is 1.42. The van der Waals surface area contributed by atoms with Crippen LogP contribution in [0.15, 0.2) is 59.7 Å². The number of aryl methyl sites for hydroxylation is 1. The first-order chi connectivity index (χ1) is 11.7. The SMILES string of the molecule is N#Cc1cccc(NC(=O)CCn2cnc3ccccc3c2=O)c1. The Bertz CT molecular complexity index is 1000. The number of hydrogen-bond acceptors (Lipinski definition) is 4. The minimum atomic E-state index is -0.231. The van der Waals surface area contributed by atoms with Gasteiger partial charge in [0.15, 0.2) is 0 Å². The fourth-order valence-electron chi connectivity index (χ4n) is 2.38. The van der Waals surface area contributed by atoms with Gasteiger partial charge in [0, 0.05) is 18.7 Å². The first kappa shape index (κ1) is 15.4. The first-order valence-electron chi connectivity index (χ1n) is 7.41. The van der Waals surface area contributed by atoms with Crippen LogP contribution in [0.2, 0.25) is 0 Å². The molecule has 0 aliphatic carbocycles. The monoisotopic (exact) mass is 318 g/mol. The van der Waals surface area contributed by atoms with Crippen LogP contribution in [-0.4, -0.2) is 15.5 Å². The van der Waals surface area contributed by atoms with Crippen molar-refractivity contribution >= 4 is 22.5 Å². The highest BCUT2D eigenvalue weighted by Gasteiger charge is 2.07. The highest BCUT2D eigenvalue weighted by Crippen LogP contribution is 2.10. The van der Waals surface area contributed by atoms with Gasteiger partial charge in [-0.3, -0.25) is 14.2 Å². The van der Waals surface area contributed by atoms with Crippen molar-refractivity contribution in [3.8, 4) is 6.07 Å². The van der Waals surface area contributed by atoms with Crippen LogP contribution in [-0.2, 0) is 11.3 Å². The van der Waals surface area contributed by atoms with Gasteiger partial charge in [0.25, 0.3) is 5.56 Å². The number of nitrogens with one attached hydrogen (secondary N) is 1. The summed E-state index contributed by atoms with van der Waals surface area (Å²) >= 11 is 0. The Morgan fingerprint density at radius 3 is 2.88 bits per heavy atom. The van der Waals surface area contributed by atoms with Gasteiger partial charge < -0.3 is 5.32 Å². The average Bonchev–Trinajstić information content (AvgIpc) is 2.61. The van der Waals surface area contributed by atoms with Crippen LogP contribution < -0.4 is 10.9 Å². The van der Waals surface area contributed by atoms with E-state index in [4.69, 9.17) is 5.26 Å². The van der Waals surface area contributed by atoms with E-state index in [9.17, 15) is 9.59 Å². The maximum absolute atomic E-state index is 12.3. The number of carbonyl (C=O) groups excluding carboxylic acids is 1. The van der Waals surface area contributed by atoms with Gasteiger partial charge in [0.1, 0.15) is 0 Å². The number of carbonyl (C=O) groups is 1. The summed E-state index contributed by atoms with van der Waals surface area (Å²) in [4.78, 5) is 28.6. The number of fused-ring (bicyclic) bond motifs is 1. The summed E-state index contributed by atoms with van der Waals surface area (Å²) in [5.74, 6) is -0.231. The molecule has 1 amide bonds. The average molecular weight is 318 g/mol. The number of anilines is 1. The van der Waals surface area contributed by atoms with Gasteiger partial charge in [-0.2, -0.15) is 5.26 Å². The zero-order valence-electron chi connectivity index (χ0n) is 12.8. The molecule has 0 bridgehead atoms. The maximum atomic E-state index is 12.3. The third-order valence-corrected chi connectivity index (χ3v) is 3.59. The Labute approximate surface area is 138 Å². The second-order valence-electron chi connectivity index (χ2n) is 5.25. The van der Waals surface area contributed by atoms with Crippen LogP contribution in [0.25, 0.3) is 10.9 Å². The standard InChI is InChI=1S/C18H14N4O2/c19-11-13-4-3-5-14(10-13)21-17(23)8-9-22-12-20-16-7-2-1-6-15(16)18(22)24/h1-7,10,12H,8-9H2,(H,21,23). The lowest BCUT2D eigenvalue weighted by Crippen LogP contribution is -2.23. The Morgan fingerprint density at radius 2 is 2.04 bits per heavy atom. The van der Waals surface area contributed by atoms with Crippen molar-refractivity contribution < 1.29 is 4.79 Å². The van der Waals surface area contributed by atoms with E-state index in [1.54, 1.807) is 42.5 Å². The number of benzene rings is 2. The van der Waals surface area contributed by atoms with Crippen molar-refractivity contribution in [2.45, 2.75) is 13.0 Å². The lowest BCUT2D eigenvalue weighted by molar-refractivity contribution is -0.116. The number of amides is 1. The fourth-order valence-corrected chi connectivity index (χ4v) is 2.38. The van der Waals surface area contributed by atoms with Crippen molar-refractivity contribution in [3.63, 3.8) is 0 Å². The molecule has 6 nitrogen and oxygen atoms in total. The molecule has 2 aromatic carbocycles. The predicted octanol–water partition coefficient (Wildman–Crippen LogP) is 2.30. The molecule has 1 N–H and O–H groups in total. The first-order valence-corrected chi connectivity index (χ1v) is 7.41. The van der Waals surface area contributed by atoms with E-state index in [-0.39, 0.29) is 24.4 Å². The minimum absolute atomic E-state index is 0.136. The molecule has 3 aromatic rings. The van der Waals surface area contributed by atoms with Crippen LogP contribution in [0.4, 0.5) is 5.69 Å². The molecule has 0 unspecified atom stereocenters. The molecule has 0 spiro atoms. The second kappa shape index (κ2) is 6.75. The number of rotatable bonds is 4. The highest BCUT2D eigenvalue weighted by molar-refractivity contribution is 5.90. The molecule has 24 heavy (non-hydrogen) atoms. The normalized spacial score (nSPS) is 10.3. The Balaban J connectivity index is 1.69. The van der Waals surface area contributed by atoms with E-state index < -0.39 is 0 Å². The Hall–Kier alpha value is -3.46. The summed E-state index contributed by atoms with van der Waals surface area (Å²) in [5.41, 5.74) is 1.50. The minimum Gasteiger partial charge on any atom is -0.326 e. The lowest BCUT2D eigenvalue weighted by Gasteiger charge is -2.08. The molecule has 3 rings (SSSR count). The summed E-state index contributed by atoms with van der Waals surface area (Å²) in [7, 11) is 0. The molecule has 0 saturated heterocycles. The molecule has 1 aromatic heterocycles. The third-order valence-electron chi connectivity index (χ3n) is 3.59. The summed E-state index contributed by atoms with van der Waals surface area (Å²) in [6.45, 7) is 0.237. The Morgan fingerprint density at radius 1 is 1.21 bits per heavy atom. The van der Waals surface area contributed by atoms with Gasteiger partial charge in [-0.15, -0.1) is 0 Å². The zero-order chi connectivity index (χ0) is 16.9. The van der Waals surface area contributed by atoms with Crippen molar-refractivity contribution in [2.75, 3.05) is 5.32 Å². The van der Waals surface area contributed by atoms with Crippen LogP contribution in [0.1, 0.15) is 12.0 Å². The van der Waals surface area contributed by atoms with Crippen molar-refractivity contribution in [1.29, 1.82) is 5.26 Å². The van der Waals surface area contributed by atoms with Crippen LogP contribution in [0.3, 0.4) is 0 Å². The maximum Gasteiger partial charge on any atom is 0.261 e. The molecule has 0 radical (unpaired) electrons. The third kappa shape index (κ3) is 3.31. The van der Waals surface area contributed by atoms with Gasteiger partial charge in [-0.1, -0.05) is 18.2 Å². The van der Waals surface area contributed by atoms with Crippen LogP contribution >= 0.6 is 0 Å². The number of nitrogens with zero attached hydrogens (tertiary/aromatic N) is 3. The van der Waals surface area contributed by atoms with E-state index in [1.165, 1.54) is 10.9 Å². The number of hydrogen-bond donors (Lipinski definition) is 1. The molecule has 0 fully saturated rings. The van der Waals surface area contributed by atoms with Crippen LogP contribution in [0.5, 0.6) is 0 Å². The topological polar surface area (TPSA) is 87.8 Å². The van der Waals surface area contributed by atoms with Crippen LogP contribution in [0, 0.1) is 11.3 Å². The molecule has 6 heteroatoms. The summed E-state index contributed by atoms with van der Waals surface area (Å²) in [6, 6.07) is 15.8. The summed E-state index contributed by atoms with van der Waals surface area (Å²) in [5, 5.41) is 12.1. The van der Waals surface area contributed by atoms with Gasteiger partial charge in [0.05, 0.1) is 28.9 Å². The van der Waals surface area contributed by atoms with E-state index in [1.807, 2.05) is 12.1 Å². The van der Waals surface area contributed by atoms with Crippen molar-refractivity contribution in [3.05, 3.63) is 70.8 Å². The van der Waals surface area contributed by atoms with Gasteiger partial charge in [-0.05, 0) is 30.3 Å². The number of para-hydroxylation sites is 1. The van der Waals surface area contributed by atoms with Gasteiger partial charge in [-0.25, -0.2) is 4.98 Å². The fraction of sp³-hybridized carbons (Fsp3) is 0.111. The molecule has 0 aliphatic heterocycles.